The van der Waals surface area contributed by atoms with E-state index in [4.69, 9.17) is 14.2 Å². The zero-order valence-corrected chi connectivity index (χ0v) is 12.7. The summed E-state index contributed by atoms with van der Waals surface area (Å²) in [5, 5.41) is 10.4. The van der Waals surface area contributed by atoms with Crippen molar-refractivity contribution in [3.05, 3.63) is 0 Å². The Labute approximate surface area is 121 Å². The molecule has 0 bridgehead atoms. The quantitative estimate of drug-likeness (QED) is 0.518. The highest BCUT2D eigenvalue weighted by atomic mass is 16.5. The van der Waals surface area contributed by atoms with Gasteiger partial charge >= 0.3 is 5.97 Å². The Bertz CT molecular complexity index is 271. The van der Waals surface area contributed by atoms with Crippen LogP contribution in [-0.4, -0.2) is 49.7 Å². The van der Waals surface area contributed by atoms with Crippen LogP contribution in [0.5, 0.6) is 0 Å². The normalized spacial score (nSPS) is 26.4. The number of rotatable bonds is 9. The average Bonchev–Trinajstić information content (AvgIpc) is 2.44. The van der Waals surface area contributed by atoms with Gasteiger partial charge in [0.2, 0.25) is 0 Å². The third-order valence-corrected chi connectivity index (χ3v) is 3.63. The van der Waals surface area contributed by atoms with Crippen LogP contribution in [0.2, 0.25) is 0 Å². The van der Waals surface area contributed by atoms with E-state index in [0.29, 0.717) is 52.1 Å². The van der Waals surface area contributed by atoms with Gasteiger partial charge in [0, 0.05) is 6.61 Å². The fourth-order valence-corrected chi connectivity index (χ4v) is 2.42. The van der Waals surface area contributed by atoms with Crippen LogP contribution in [0.3, 0.4) is 0 Å². The van der Waals surface area contributed by atoms with Crippen molar-refractivity contribution >= 4 is 5.97 Å². The Kier molecular flexibility index (Phi) is 8.11. The number of hydrogen-bond donors (Lipinski definition) is 1. The number of carbonyl (C=O) groups excluding carboxylic acids is 1. The van der Waals surface area contributed by atoms with Crippen LogP contribution in [0, 0.1) is 5.92 Å². The number of ether oxygens (including phenoxy) is 3. The molecule has 0 amide bonds. The lowest BCUT2D eigenvalue weighted by Gasteiger charge is -2.34. The molecule has 0 aromatic carbocycles. The van der Waals surface area contributed by atoms with Gasteiger partial charge in [0.15, 0.2) is 0 Å². The molecule has 0 heterocycles. The molecule has 5 heteroatoms. The third kappa shape index (κ3) is 6.20. The molecular weight excluding hydrogens is 260 g/mol. The van der Waals surface area contributed by atoms with Crippen molar-refractivity contribution in [1.29, 1.82) is 0 Å². The Hall–Kier alpha value is -0.650. The molecule has 0 radical (unpaired) electrons. The van der Waals surface area contributed by atoms with Crippen molar-refractivity contribution in [2.75, 3.05) is 33.0 Å². The van der Waals surface area contributed by atoms with Gasteiger partial charge in [-0.25, -0.2) is 0 Å². The fourth-order valence-electron chi connectivity index (χ4n) is 2.42. The van der Waals surface area contributed by atoms with Crippen molar-refractivity contribution < 1.29 is 24.1 Å². The minimum absolute atomic E-state index is 0.0666. The van der Waals surface area contributed by atoms with Crippen molar-refractivity contribution in [2.45, 2.75) is 51.6 Å². The molecule has 5 nitrogen and oxygen atoms in total. The second kappa shape index (κ2) is 9.32. The Balaban J connectivity index is 2.16. The van der Waals surface area contributed by atoms with Crippen LogP contribution in [0.25, 0.3) is 0 Å². The molecule has 1 N–H and O–H groups in total. The molecule has 1 saturated carbocycles. The molecule has 0 spiro atoms. The SMILES string of the molecule is CCCOCCOCC1(O)CCC(C(=O)OCC)CC1. The number of aliphatic hydroxyl groups is 1. The zero-order valence-electron chi connectivity index (χ0n) is 12.7. The summed E-state index contributed by atoms with van der Waals surface area (Å²) in [5.74, 6) is -0.202. The molecule has 0 saturated heterocycles. The topological polar surface area (TPSA) is 65.0 Å². The Morgan fingerprint density at radius 2 is 1.80 bits per heavy atom. The number of carbonyl (C=O) groups is 1. The van der Waals surface area contributed by atoms with E-state index in [0.717, 1.165) is 13.0 Å². The van der Waals surface area contributed by atoms with Gasteiger partial charge in [0.25, 0.3) is 0 Å². The Morgan fingerprint density at radius 1 is 1.15 bits per heavy atom. The van der Waals surface area contributed by atoms with Crippen molar-refractivity contribution in [1.82, 2.24) is 0 Å². The minimum atomic E-state index is -0.798. The average molecular weight is 288 g/mol. The summed E-state index contributed by atoms with van der Waals surface area (Å²) < 4.78 is 15.8. The van der Waals surface area contributed by atoms with Gasteiger partial charge in [0.05, 0.1) is 37.9 Å². The molecule has 118 valence electrons. The van der Waals surface area contributed by atoms with Crippen molar-refractivity contribution in [2.24, 2.45) is 5.92 Å². The van der Waals surface area contributed by atoms with E-state index in [9.17, 15) is 9.90 Å². The van der Waals surface area contributed by atoms with Gasteiger partial charge in [-0.05, 0) is 39.0 Å². The first-order valence-electron chi connectivity index (χ1n) is 7.66. The highest BCUT2D eigenvalue weighted by Gasteiger charge is 2.36. The largest absolute Gasteiger partial charge is 0.466 e. The molecule has 1 rings (SSSR count). The second-order valence-corrected chi connectivity index (χ2v) is 5.42. The van der Waals surface area contributed by atoms with Crippen LogP contribution in [0.1, 0.15) is 46.0 Å². The highest BCUT2D eigenvalue weighted by Crippen LogP contribution is 2.33. The summed E-state index contributed by atoms with van der Waals surface area (Å²) >= 11 is 0. The van der Waals surface area contributed by atoms with Crippen LogP contribution in [-0.2, 0) is 19.0 Å². The summed E-state index contributed by atoms with van der Waals surface area (Å²) in [6.07, 6.45) is 3.52. The minimum Gasteiger partial charge on any atom is -0.466 e. The second-order valence-electron chi connectivity index (χ2n) is 5.42. The van der Waals surface area contributed by atoms with E-state index >= 15 is 0 Å². The van der Waals surface area contributed by atoms with Gasteiger partial charge in [-0.15, -0.1) is 0 Å². The molecule has 0 unspecified atom stereocenters. The van der Waals surface area contributed by atoms with Gasteiger partial charge in [-0.3, -0.25) is 4.79 Å². The molecular formula is C15H28O5. The van der Waals surface area contributed by atoms with E-state index in [1.807, 2.05) is 6.92 Å². The maximum Gasteiger partial charge on any atom is 0.308 e. The molecule has 0 aromatic rings. The molecule has 0 aromatic heterocycles. The van der Waals surface area contributed by atoms with E-state index in [1.54, 1.807) is 0 Å². The molecule has 1 aliphatic carbocycles. The van der Waals surface area contributed by atoms with Gasteiger partial charge in [-0.1, -0.05) is 6.92 Å². The first-order chi connectivity index (χ1) is 9.61. The monoisotopic (exact) mass is 288 g/mol. The van der Waals surface area contributed by atoms with E-state index in [2.05, 4.69) is 6.92 Å². The van der Waals surface area contributed by atoms with Gasteiger partial charge < -0.3 is 19.3 Å². The van der Waals surface area contributed by atoms with E-state index in [1.165, 1.54) is 0 Å². The number of esters is 1. The Morgan fingerprint density at radius 3 is 2.40 bits per heavy atom. The smallest absolute Gasteiger partial charge is 0.308 e. The summed E-state index contributed by atoms with van der Waals surface area (Å²) in [4.78, 5) is 11.6. The molecule has 0 aliphatic heterocycles. The zero-order chi connectivity index (χ0) is 14.8. The maximum absolute atomic E-state index is 11.6. The molecule has 20 heavy (non-hydrogen) atoms. The van der Waals surface area contributed by atoms with Crippen LogP contribution >= 0.6 is 0 Å². The molecule has 1 fully saturated rings. The standard InChI is InChI=1S/C15H28O5/c1-3-9-18-10-11-19-12-15(17)7-5-13(6-8-15)14(16)20-4-2/h13,17H,3-12H2,1-2H3. The van der Waals surface area contributed by atoms with E-state index < -0.39 is 5.60 Å². The molecule has 0 atom stereocenters. The van der Waals surface area contributed by atoms with Crippen LogP contribution in [0.4, 0.5) is 0 Å². The predicted octanol–water partition coefficient (Wildman–Crippen LogP) is 1.91. The number of hydrogen-bond acceptors (Lipinski definition) is 5. The first kappa shape index (κ1) is 17.4. The summed E-state index contributed by atoms with van der Waals surface area (Å²) in [7, 11) is 0. The fraction of sp³-hybridized carbons (Fsp3) is 0.933. The van der Waals surface area contributed by atoms with Crippen molar-refractivity contribution in [3.8, 4) is 0 Å². The van der Waals surface area contributed by atoms with Crippen LogP contribution < -0.4 is 0 Å². The lowest BCUT2D eigenvalue weighted by molar-refractivity contribution is -0.152. The van der Waals surface area contributed by atoms with Gasteiger partial charge in [0.1, 0.15) is 0 Å². The lowest BCUT2D eigenvalue weighted by atomic mass is 9.79. The first-order valence-corrected chi connectivity index (χ1v) is 7.66. The van der Waals surface area contributed by atoms with Crippen molar-refractivity contribution in [3.63, 3.8) is 0 Å². The highest BCUT2D eigenvalue weighted by molar-refractivity contribution is 5.72. The summed E-state index contributed by atoms with van der Waals surface area (Å²) in [5.41, 5.74) is -0.798. The molecule has 1 aliphatic rings. The van der Waals surface area contributed by atoms with Crippen LogP contribution in [0.15, 0.2) is 0 Å². The van der Waals surface area contributed by atoms with Gasteiger partial charge in [-0.2, -0.15) is 0 Å². The summed E-state index contributed by atoms with van der Waals surface area (Å²) in [6, 6.07) is 0. The third-order valence-electron chi connectivity index (χ3n) is 3.63. The lowest BCUT2D eigenvalue weighted by Crippen LogP contribution is -2.40. The predicted molar refractivity (Wildman–Crippen MR) is 75.5 cm³/mol. The maximum atomic E-state index is 11.6. The summed E-state index contributed by atoms with van der Waals surface area (Å²) in [6.45, 7) is 6.42. The van der Waals surface area contributed by atoms with E-state index in [-0.39, 0.29) is 11.9 Å².